The molecule has 2 aromatic carbocycles. The minimum Gasteiger partial charge on any atom is -0.478 e. The van der Waals surface area contributed by atoms with Crippen LogP contribution in [0.25, 0.3) is 0 Å². The Hall–Kier alpha value is -2.34. The Balaban J connectivity index is 2.54. The monoisotopic (exact) mass is 319 g/mol. The molecule has 6 heteroatoms. The Bertz CT molecular complexity index is 785. The first-order valence-electron chi connectivity index (χ1n) is 6.79. The van der Waals surface area contributed by atoms with Crippen molar-refractivity contribution in [3.8, 4) is 0 Å². The third-order valence-electron chi connectivity index (χ3n) is 3.36. The average Bonchev–Trinajstić information content (AvgIpc) is 2.48. The van der Waals surface area contributed by atoms with Crippen molar-refractivity contribution >= 4 is 21.7 Å². The molecule has 0 aliphatic carbocycles. The van der Waals surface area contributed by atoms with Crippen LogP contribution >= 0.6 is 0 Å². The Kier molecular flexibility index (Phi) is 4.51. The first-order valence-corrected chi connectivity index (χ1v) is 8.23. The molecule has 0 saturated heterocycles. The van der Waals surface area contributed by atoms with Gasteiger partial charge in [-0.1, -0.05) is 24.3 Å². The number of carboxylic acid groups (broad SMARTS) is 1. The van der Waals surface area contributed by atoms with E-state index >= 15 is 0 Å². The normalized spacial score (nSPS) is 11.2. The summed E-state index contributed by atoms with van der Waals surface area (Å²) < 4.78 is 26.8. The molecule has 2 rings (SSSR count). The van der Waals surface area contributed by atoms with Gasteiger partial charge in [0.05, 0.1) is 16.1 Å². The maximum absolute atomic E-state index is 12.8. The number of benzene rings is 2. The summed E-state index contributed by atoms with van der Waals surface area (Å²) >= 11 is 0. The van der Waals surface area contributed by atoms with E-state index in [1.54, 1.807) is 44.2 Å². The number of aromatic carboxylic acids is 1. The molecule has 0 aromatic heterocycles. The van der Waals surface area contributed by atoms with Crippen molar-refractivity contribution in [3.05, 3.63) is 59.7 Å². The molecular formula is C16H17NO4S. The Morgan fingerprint density at radius 2 is 1.77 bits per heavy atom. The molecule has 0 heterocycles. The van der Waals surface area contributed by atoms with Crippen LogP contribution in [0.2, 0.25) is 0 Å². The highest BCUT2D eigenvalue weighted by molar-refractivity contribution is 7.92. The molecule has 22 heavy (non-hydrogen) atoms. The summed E-state index contributed by atoms with van der Waals surface area (Å²) in [4.78, 5) is 11.2. The topological polar surface area (TPSA) is 74.7 Å². The van der Waals surface area contributed by atoms with Crippen molar-refractivity contribution in [2.24, 2.45) is 0 Å². The Morgan fingerprint density at radius 3 is 2.32 bits per heavy atom. The summed E-state index contributed by atoms with van der Waals surface area (Å²) in [6.45, 7) is 3.62. The summed E-state index contributed by atoms with van der Waals surface area (Å²) in [5.74, 6) is -1.14. The fraction of sp³-hybridized carbons (Fsp3) is 0.188. The van der Waals surface area contributed by atoms with Crippen LogP contribution in [0.3, 0.4) is 0 Å². The SMILES string of the molecule is CCN(c1ccccc1)S(=O)(=O)c1ccc(C)c(C(=O)O)c1. The van der Waals surface area contributed by atoms with E-state index in [0.717, 1.165) is 0 Å². The van der Waals surface area contributed by atoms with Crippen molar-refractivity contribution in [2.45, 2.75) is 18.7 Å². The lowest BCUT2D eigenvalue weighted by Gasteiger charge is -2.23. The van der Waals surface area contributed by atoms with Crippen LogP contribution in [0.5, 0.6) is 0 Å². The molecule has 0 fully saturated rings. The smallest absolute Gasteiger partial charge is 0.335 e. The van der Waals surface area contributed by atoms with Crippen LogP contribution in [0, 0.1) is 6.92 Å². The molecule has 0 radical (unpaired) electrons. The lowest BCUT2D eigenvalue weighted by atomic mass is 10.1. The summed E-state index contributed by atoms with van der Waals surface area (Å²) in [5.41, 5.74) is 1.06. The number of hydrogen-bond acceptors (Lipinski definition) is 3. The van der Waals surface area contributed by atoms with Crippen LogP contribution in [-0.2, 0) is 10.0 Å². The molecule has 0 aliphatic rings. The summed E-state index contributed by atoms with van der Waals surface area (Å²) in [5, 5.41) is 9.16. The first-order chi connectivity index (χ1) is 10.4. The van der Waals surface area contributed by atoms with E-state index in [-0.39, 0.29) is 17.0 Å². The number of anilines is 1. The number of para-hydroxylation sites is 1. The van der Waals surface area contributed by atoms with Gasteiger partial charge in [-0.3, -0.25) is 4.31 Å². The van der Waals surface area contributed by atoms with Crippen LogP contribution in [0.4, 0.5) is 5.69 Å². The van der Waals surface area contributed by atoms with E-state index < -0.39 is 16.0 Å². The average molecular weight is 319 g/mol. The minimum atomic E-state index is -3.81. The van der Waals surface area contributed by atoms with Gasteiger partial charge in [0, 0.05) is 6.54 Å². The predicted molar refractivity (Wildman–Crippen MR) is 84.8 cm³/mol. The van der Waals surface area contributed by atoms with Gasteiger partial charge in [-0.2, -0.15) is 0 Å². The number of aryl methyl sites for hydroxylation is 1. The maximum Gasteiger partial charge on any atom is 0.335 e. The fourth-order valence-electron chi connectivity index (χ4n) is 2.20. The van der Waals surface area contributed by atoms with Crippen molar-refractivity contribution in [3.63, 3.8) is 0 Å². The lowest BCUT2D eigenvalue weighted by Crippen LogP contribution is -2.30. The van der Waals surface area contributed by atoms with Gasteiger partial charge in [-0.05, 0) is 43.7 Å². The van der Waals surface area contributed by atoms with E-state index in [1.165, 1.54) is 22.5 Å². The first kappa shape index (κ1) is 16.0. The van der Waals surface area contributed by atoms with Crippen LogP contribution in [-0.4, -0.2) is 26.0 Å². The Labute approximate surface area is 129 Å². The number of carboxylic acids is 1. The second-order valence-electron chi connectivity index (χ2n) is 4.79. The molecule has 116 valence electrons. The van der Waals surface area contributed by atoms with E-state index in [1.807, 2.05) is 0 Å². The molecule has 2 aromatic rings. The quantitative estimate of drug-likeness (QED) is 0.919. The largest absolute Gasteiger partial charge is 0.478 e. The molecule has 1 N–H and O–H groups in total. The fourth-order valence-corrected chi connectivity index (χ4v) is 3.71. The van der Waals surface area contributed by atoms with E-state index in [4.69, 9.17) is 5.11 Å². The molecule has 0 atom stereocenters. The molecule has 0 bridgehead atoms. The maximum atomic E-state index is 12.8. The second kappa shape index (κ2) is 6.19. The number of nitrogens with zero attached hydrogens (tertiary/aromatic N) is 1. The number of carbonyl (C=O) groups is 1. The van der Waals surface area contributed by atoms with Gasteiger partial charge in [0.15, 0.2) is 0 Å². The van der Waals surface area contributed by atoms with Crippen molar-refractivity contribution in [1.29, 1.82) is 0 Å². The van der Waals surface area contributed by atoms with Crippen molar-refractivity contribution < 1.29 is 18.3 Å². The second-order valence-corrected chi connectivity index (χ2v) is 6.65. The number of sulfonamides is 1. The third-order valence-corrected chi connectivity index (χ3v) is 5.26. The molecule has 5 nitrogen and oxygen atoms in total. The van der Waals surface area contributed by atoms with Gasteiger partial charge >= 0.3 is 5.97 Å². The zero-order valence-electron chi connectivity index (χ0n) is 12.4. The van der Waals surface area contributed by atoms with E-state index in [9.17, 15) is 13.2 Å². The molecule has 0 unspecified atom stereocenters. The summed E-state index contributed by atoms with van der Waals surface area (Å²) in [6.07, 6.45) is 0. The van der Waals surface area contributed by atoms with Gasteiger partial charge in [0.2, 0.25) is 0 Å². The molecule has 0 amide bonds. The van der Waals surface area contributed by atoms with Gasteiger partial charge < -0.3 is 5.11 Å². The molecular weight excluding hydrogens is 302 g/mol. The van der Waals surface area contributed by atoms with Gasteiger partial charge in [-0.25, -0.2) is 13.2 Å². The van der Waals surface area contributed by atoms with Gasteiger partial charge in [-0.15, -0.1) is 0 Å². The zero-order valence-corrected chi connectivity index (χ0v) is 13.2. The summed E-state index contributed by atoms with van der Waals surface area (Å²) in [6, 6.07) is 12.9. The van der Waals surface area contributed by atoms with Crippen molar-refractivity contribution in [1.82, 2.24) is 0 Å². The van der Waals surface area contributed by atoms with Crippen LogP contribution in [0.15, 0.2) is 53.4 Å². The molecule has 0 spiro atoms. The van der Waals surface area contributed by atoms with Crippen LogP contribution in [0.1, 0.15) is 22.8 Å². The standard InChI is InChI=1S/C16H17NO4S/c1-3-17(13-7-5-4-6-8-13)22(20,21)14-10-9-12(2)15(11-14)16(18)19/h4-11H,3H2,1-2H3,(H,18,19). The number of rotatable bonds is 5. The third kappa shape index (κ3) is 2.96. The van der Waals surface area contributed by atoms with E-state index in [0.29, 0.717) is 11.3 Å². The predicted octanol–water partition coefficient (Wildman–Crippen LogP) is 2.91. The van der Waals surface area contributed by atoms with Gasteiger partial charge in [0.25, 0.3) is 10.0 Å². The number of hydrogen-bond donors (Lipinski definition) is 1. The highest BCUT2D eigenvalue weighted by atomic mass is 32.2. The van der Waals surface area contributed by atoms with E-state index in [2.05, 4.69) is 0 Å². The van der Waals surface area contributed by atoms with Crippen molar-refractivity contribution in [2.75, 3.05) is 10.8 Å². The summed E-state index contributed by atoms with van der Waals surface area (Å²) in [7, 11) is -3.81. The highest BCUT2D eigenvalue weighted by Crippen LogP contribution is 2.24. The minimum absolute atomic E-state index is 0.00908. The Morgan fingerprint density at radius 1 is 1.14 bits per heavy atom. The zero-order chi connectivity index (χ0) is 16.3. The molecule has 0 aliphatic heterocycles. The van der Waals surface area contributed by atoms with Crippen LogP contribution < -0.4 is 4.31 Å². The van der Waals surface area contributed by atoms with Gasteiger partial charge in [0.1, 0.15) is 0 Å². The highest BCUT2D eigenvalue weighted by Gasteiger charge is 2.24. The molecule has 0 saturated carbocycles. The lowest BCUT2D eigenvalue weighted by molar-refractivity contribution is 0.0696.